The largest absolute Gasteiger partial charge is 0.301 e. The van der Waals surface area contributed by atoms with E-state index in [1.165, 1.54) is 0 Å². The van der Waals surface area contributed by atoms with Crippen LogP contribution in [0.3, 0.4) is 0 Å². The van der Waals surface area contributed by atoms with Crippen molar-refractivity contribution in [2.75, 3.05) is 20.1 Å². The highest BCUT2D eigenvalue weighted by atomic mass is 35.5. The van der Waals surface area contributed by atoms with Crippen LogP contribution < -0.4 is 0 Å². The van der Waals surface area contributed by atoms with Crippen LogP contribution in [0.25, 0.3) is 0 Å². The van der Waals surface area contributed by atoms with E-state index in [9.17, 15) is 0 Å². The maximum absolute atomic E-state index is 5.81. The van der Waals surface area contributed by atoms with Crippen molar-refractivity contribution in [1.29, 1.82) is 0 Å². The highest BCUT2D eigenvalue weighted by Crippen LogP contribution is 2.01. The van der Waals surface area contributed by atoms with Gasteiger partial charge in [-0.2, -0.15) is 0 Å². The van der Waals surface area contributed by atoms with Gasteiger partial charge in [0, 0.05) is 24.0 Å². The van der Waals surface area contributed by atoms with Crippen molar-refractivity contribution in [3.63, 3.8) is 0 Å². The summed E-state index contributed by atoms with van der Waals surface area (Å²) in [5.41, 5.74) is 2.77. The fourth-order valence-electron chi connectivity index (χ4n) is 0.954. The zero-order valence-corrected chi connectivity index (χ0v) is 8.78. The van der Waals surface area contributed by atoms with Gasteiger partial charge in [-0.1, -0.05) is 11.6 Å². The smallest absolute Gasteiger partial charge is 0.0435 e. The molecule has 0 saturated heterocycles. The Kier molecular flexibility index (Phi) is 6.02. The molecule has 0 bridgehead atoms. The van der Waals surface area contributed by atoms with Gasteiger partial charge in [-0.25, -0.2) is 0 Å². The minimum atomic E-state index is 0.197. The molecule has 1 unspecified atom stereocenters. The highest BCUT2D eigenvalue weighted by Gasteiger charge is 2.02. The lowest BCUT2D eigenvalue weighted by Gasteiger charge is -2.17. The summed E-state index contributed by atoms with van der Waals surface area (Å²) < 4.78 is 0. The zero-order chi connectivity index (χ0) is 8.85. The van der Waals surface area contributed by atoms with Crippen molar-refractivity contribution >= 4 is 23.2 Å². The molecule has 1 nitrogen and oxygen atoms in total. The Labute approximate surface area is 79.0 Å². The van der Waals surface area contributed by atoms with Gasteiger partial charge in [-0.05, 0) is 26.5 Å². The van der Waals surface area contributed by atoms with Gasteiger partial charge < -0.3 is 4.90 Å². The molecule has 3 heteroatoms. The Balaban J connectivity index is 3.60. The van der Waals surface area contributed by atoms with Crippen LogP contribution >= 0.6 is 23.2 Å². The van der Waals surface area contributed by atoms with Gasteiger partial charge in [0.25, 0.3) is 0 Å². The summed E-state index contributed by atoms with van der Waals surface area (Å²) in [5.74, 6) is 0. The van der Waals surface area contributed by atoms with Gasteiger partial charge in [0.15, 0.2) is 0 Å². The summed E-state index contributed by atoms with van der Waals surface area (Å²) in [5, 5.41) is 0.197. The summed E-state index contributed by atoms with van der Waals surface area (Å²) in [6, 6.07) is 0. The van der Waals surface area contributed by atoms with Gasteiger partial charge in [0.1, 0.15) is 0 Å². The molecule has 0 N–H and O–H groups in total. The quantitative estimate of drug-likeness (QED) is 0.625. The molecule has 11 heavy (non-hydrogen) atoms. The number of likely N-dealkylation sites (N-methyl/N-ethyl adjacent to an activating group) is 1. The van der Waals surface area contributed by atoms with Gasteiger partial charge >= 0.3 is 0 Å². The monoisotopic (exact) mass is 195 g/mol. The first-order valence-electron chi connectivity index (χ1n) is 3.64. The first-order chi connectivity index (χ1) is 5.06. The molecule has 0 aromatic heterocycles. The lowest BCUT2D eigenvalue weighted by Crippen LogP contribution is -2.26. The summed E-state index contributed by atoms with van der Waals surface area (Å²) in [7, 11) is 2.03. The first kappa shape index (κ1) is 11.3. The Morgan fingerprint density at radius 2 is 2.18 bits per heavy atom. The number of alkyl halides is 1. The van der Waals surface area contributed by atoms with Crippen LogP contribution in [-0.2, 0) is 0 Å². The normalized spacial score (nSPS) is 15.6. The molecule has 0 heterocycles. The minimum Gasteiger partial charge on any atom is -0.301 e. The van der Waals surface area contributed by atoms with Crippen LogP contribution in [0.1, 0.15) is 13.8 Å². The Bertz CT molecular complexity index is 132. The van der Waals surface area contributed by atoms with Crippen molar-refractivity contribution in [3.05, 3.63) is 11.1 Å². The van der Waals surface area contributed by atoms with E-state index < -0.39 is 0 Å². The minimum absolute atomic E-state index is 0.197. The third-order valence-corrected chi connectivity index (χ3v) is 1.78. The molecule has 66 valence electrons. The summed E-state index contributed by atoms with van der Waals surface area (Å²) >= 11 is 11.3. The molecular formula is C8H15Cl2N. The van der Waals surface area contributed by atoms with E-state index in [1.807, 2.05) is 20.9 Å². The van der Waals surface area contributed by atoms with Crippen molar-refractivity contribution in [3.8, 4) is 0 Å². The highest BCUT2D eigenvalue weighted by molar-refractivity contribution is 6.25. The number of hydrogen-bond acceptors (Lipinski definition) is 1. The molecule has 0 aliphatic rings. The molecule has 0 saturated carbocycles. The number of nitrogens with zero attached hydrogens (tertiary/aromatic N) is 1. The molecule has 0 spiro atoms. The molecule has 0 amide bonds. The van der Waals surface area contributed by atoms with Crippen molar-refractivity contribution in [2.45, 2.75) is 19.2 Å². The van der Waals surface area contributed by atoms with E-state index in [1.54, 1.807) is 5.54 Å². The van der Waals surface area contributed by atoms with E-state index in [2.05, 4.69) is 4.90 Å². The molecule has 0 radical (unpaired) electrons. The second-order valence-corrected chi connectivity index (χ2v) is 3.90. The van der Waals surface area contributed by atoms with Crippen LogP contribution in [0.4, 0.5) is 0 Å². The summed E-state index contributed by atoms with van der Waals surface area (Å²) in [4.78, 5) is 2.14. The fourth-order valence-corrected chi connectivity index (χ4v) is 1.26. The van der Waals surface area contributed by atoms with Crippen molar-refractivity contribution in [1.82, 2.24) is 4.90 Å². The Morgan fingerprint density at radius 1 is 1.64 bits per heavy atom. The molecule has 0 fully saturated rings. The molecule has 0 aliphatic heterocycles. The van der Waals surface area contributed by atoms with Crippen LogP contribution in [0.5, 0.6) is 0 Å². The maximum atomic E-state index is 5.81. The first-order valence-corrected chi connectivity index (χ1v) is 4.52. The maximum Gasteiger partial charge on any atom is 0.0435 e. The Hall–Kier alpha value is 0.280. The number of rotatable bonds is 4. The SMILES string of the molecule is CC(=CCl)CN(C)CC(C)Cl. The van der Waals surface area contributed by atoms with Gasteiger partial charge in [-0.15, -0.1) is 11.6 Å². The molecule has 1 atom stereocenters. The molecular weight excluding hydrogens is 181 g/mol. The van der Waals surface area contributed by atoms with Crippen LogP contribution in [-0.4, -0.2) is 30.4 Å². The van der Waals surface area contributed by atoms with E-state index in [-0.39, 0.29) is 5.38 Å². The summed E-state index contributed by atoms with van der Waals surface area (Å²) in [6.45, 7) is 5.77. The van der Waals surface area contributed by atoms with Gasteiger partial charge in [0.2, 0.25) is 0 Å². The second-order valence-electron chi connectivity index (χ2n) is 2.93. The summed E-state index contributed by atoms with van der Waals surface area (Å²) in [6.07, 6.45) is 0. The van der Waals surface area contributed by atoms with Crippen LogP contribution in [0.2, 0.25) is 0 Å². The second kappa shape index (κ2) is 5.87. The lowest BCUT2D eigenvalue weighted by molar-refractivity contribution is 0.365. The molecule has 0 aromatic carbocycles. The predicted molar refractivity (Wildman–Crippen MR) is 52.4 cm³/mol. The number of hydrogen-bond donors (Lipinski definition) is 0. The van der Waals surface area contributed by atoms with Crippen molar-refractivity contribution < 1.29 is 0 Å². The van der Waals surface area contributed by atoms with Gasteiger partial charge in [0.05, 0.1) is 0 Å². The standard InChI is InChI=1S/C8H15Cl2N/c1-7(4-9)5-11(3)6-8(2)10/h4,8H,5-6H2,1-3H3. The van der Waals surface area contributed by atoms with E-state index >= 15 is 0 Å². The van der Waals surface area contributed by atoms with E-state index in [0.717, 1.165) is 18.7 Å². The molecule has 0 aliphatic carbocycles. The van der Waals surface area contributed by atoms with E-state index in [0.29, 0.717) is 0 Å². The zero-order valence-electron chi connectivity index (χ0n) is 7.27. The predicted octanol–water partition coefficient (Wildman–Crippen LogP) is 2.69. The Morgan fingerprint density at radius 3 is 2.55 bits per heavy atom. The molecule has 0 aromatic rings. The van der Waals surface area contributed by atoms with Gasteiger partial charge in [-0.3, -0.25) is 0 Å². The topological polar surface area (TPSA) is 3.24 Å². The third-order valence-electron chi connectivity index (χ3n) is 1.27. The van der Waals surface area contributed by atoms with Crippen LogP contribution in [0.15, 0.2) is 11.1 Å². The average molecular weight is 196 g/mol. The fraction of sp³-hybridized carbons (Fsp3) is 0.750. The average Bonchev–Trinajstić information content (AvgIpc) is 1.85. The van der Waals surface area contributed by atoms with Crippen molar-refractivity contribution in [2.24, 2.45) is 0 Å². The lowest BCUT2D eigenvalue weighted by atomic mass is 10.3. The van der Waals surface area contributed by atoms with Crippen LogP contribution in [0, 0.1) is 0 Å². The van der Waals surface area contributed by atoms with E-state index in [4.69, 9.17) is 23.2 Å². The third kappa shape index (κ3) is 6.67. The number of halogens is 2. The molecule has 0 rings (SSSR count).